The Morgan fingerprint density at radius 2 is 0.614 bits per heavy atom. The molecule has 0 amide bonds. The van der Waals surface area contributed by atoms with Gasteiger partial charge in [0.15, 0.2) is 0 Å². The lowest BCUT2D eigenvalue weighted by Crippen LogP contribution is -2.18. The molecule has 44 heavy (non-hydrogen) atoms. The first-order chi connectivity index (χ1) is 21.9. The van der Waals surface area contributed by atoms with E-state index in [1.54, 1.807) is 0 Å². The van der Waals surface area contributed by atoms with Crippen molar-refractivity contribution in [3.8, 4) is 0 Å². The lowest BCUT2D eigenvalue weighted by molar-refractivity contribution is 0.530. The molecule has 0 spiro atoms. The van der Waals surface area contributed by atoms with E-state index in [1.165, 1.54) is 136 Å². The predicted molar refractivity (Wildman–Crippen MR) is 192 cm³/mol. The summed E-state index contributed by atoms with van der Waals surface area (Å²) in [4.78, 5) is 0. The Kier molecular flexibility index (Phi) is 17.0. The molecule has 0 atom stereocenters. The molecule has 0 fully saturated rings. The summed E-state index contributed by atoms with van der Waals surface area (Å²) in [6.45, 7) is 8.86. The minimum atomic E-state index is 0.968. The normalized spacial score (nSPS) is 11.5. The van der Waals surface area contributed by atoms with Crippen molar-refractivity contribution in [2.45, 2.75) is 90.1 Å². The molecular weight excluding hydrogens is 536 g/mol. The molecule has 0 saturated heterocycles. The first kappa shape index (κ1) is 34.1. The van der Waals surface area contributed by atoms with Gasteiger partial charge in [0, 0.05) is 13.1 Å². The lowest BCUT2D eigenvalue weighted by Gasteiger charge is -2.08. The van der Waals surface area contributed by atoms with Crippen LogP contribution in [0, 0.1) is 0 Å². The van der Waals surface area contributed by atoms with Gasteiger partial charge in [-0.15, -0.1) is 0 Å². The summed E-state index contributed by atoms with van der Waals surface area (Å²) in [6, 6.07) is 30.8. The fourth-order valence-corrected chi connectivity index (χ4v) is 5.97. The second-order valence-electron chi connectivity index (χ2n) is 12.5. The Morgan fingerprint density at radius 3 is 0.977 bits per heavy atom. The van der Waals surface area contributed by atoms with Crippen molar-refractivity contribution in [3.63, 3.8) is 0 Å². The van der Waals surface area contributed by atoms with Gasteiger partial charge >= 0.3 is 0 Å². The number of hydrogen-bond acceptors (Lipinski definition) is 4. The molecule has 0 unspecified atom stereocenters. The largest absolute Gasteiger partial charge is 0.317 e. The Balaban J connectivity index is 0.820. The number of nitrogens with one attached hydrogen (secondary N) is 4. The highest BCUT2D eigenvalue weighted by Crippen LogP contribution is 2.16. The number of fused-ring (bicyclic) bond motifs is 2. The average Bonchev–Trinajstić information content (AvgIpc) is 3.06. The van der Waals surface area contributed by atoms with Crippen molar-refractivity contribution in [3.05, 3.63) is 96.1 Å². The van der Waals surface area contributed by atoms with Crippen LogP contribution in [-0.2, 0) is 13.1 Å². The van der Waals surface area contributed by atoms with E-state index in [9.17, 15) is 0 Å². The Bertz CT molecular complexity index is 1200. The number of rotatable bonds is 25. The van der Waals surface area contributed by atoms with Crippen LogP contribution in [0.5, 0.6) is 0 Å². The zero-order chi connectivity index (χ0) is 30.3. The van der Waals surface area contributed by atoms with E-state index < -0.39 is 0 Å². The molecule has 0 heterocycles. The minimum Gasteiger partial charge on any atom is -0.317 e. The van der Waals surface area contributed by atoms with Crippen molar-refractivity contribution in [1.82, 2.24) is 21.3 Å². The minimum absolute atomic E-state index is 0.968. The number of unbranched alkanes of at least 4 members (excludes halogenated alkanes) is 9. The van der Waals surface area contributed by atoms with E-state index >= 15 is 0 Å². The summed E-state index contributed by atoms with van der Waals surface area (Å²) >= 11 is 0. The zero-order valence-corrected chi connectivity index (χ0v) is 27.2. The van der Waals surface area contributed by atoms with Gasteiger partial charge in [-0.25, -0.2) is 0 Å². The van der Waals surface area contributed by atoms with Crippen molar-refractivity contribution in [1.29, 1.82) is 0 Å². The summed E-state index contributed by atoms with van der Waals surface area (Å²) in [6.07, 6.45) is 15.8. The lowest BCUT2D eigenvalue weighted by atomic mass is 10.1. The second kappa shape index (κ2) is 21.9. The van der Waals surface area contributed by atoms with Crippen molar-refractivity contribution >= 4 is 21.5 Å². The van der Waals surface area contributed by atoms with Crippen LogP contribution in [0.25, 0.3) is 21.5 Å². The van der Waals surface area contributed by atoms with Crippen molar-refractivity contribution in [2.24, 2.45) is 0 Å². The van der Waals surface area contributed by atoms with Crippen LogP contribution in [0.4, 0.5) is 0 Å². The van der Waals surface area contributed by atoms with Crippen LogP contribution >= 0.6 is 0 Å². The third-order valence-electron chi connectivity index (χ3n) is 8.66. The third-order valence-corrected chi connectivity index (χ3v) is 8.66. The van der Waals surface area contributed by atoms with Crippen LogP contribution in [0.3, 0.4) is 0 Å². The molecule has 4 heteroatoms. The molecule has 0 aliphatic carbocycles. The quantitative estimate of drug-likeness (QED) is 0.0580. The first-order valence-electron chi connectivity index (χ1n) is 17.7. The van der Waals surface area contributed by atoms with Crippen LogP contribution in [0.2, 0.25) is 0 Å². The van der Waals surface area contributed by atoms with E-state index in [4.69, 9.17) is 0 Å². The highest BCUT2D eigenvalue weighted by Gasteiger charge is 1.99. The zero-order valence-electron chi connectivity index (χ0n) is 27.2. The molecule has 4 aromatic carbocycles. The molecule has 0 aliphatic rings. The van der Waals surface area contributed by atoms with E-state index in [-0.39, 0.29) is 0 Å². The fraction of sp³-hybridized carbons (Fsp3) is 0.500. The Labute approximate surface area is 267 Å². The van der Waals surface area contributed by atoms with Gasteiger partial charge in [-0.3, -0.25) is 0 Å². The smallest absolute Gasteiger partial charge is 0.0205 e. The predicted octanol–water partition coefficient (Wildman–Crippen LogP) is 8.73. The molecule has 0 radical (unpaired) electrons. The monoisotopic (exact) mass is 594 g/mol. The summed E-state index contributed by atoms with van der Waals surface area (Å²) < 4.78 is 0. The molecule has 0 saturated carbocycles. The second-order valence-corrected chi connectivity index (χ2v) is 12.5. The maximum atomic E-state index is 3.65. The first-order valence-corrected chi connectivity index (χ1v) is 17.7. The summed E-state index contributed by atoms with van der Waals surface area (Å²) in [5, 5.41) is 19.8. The SMILES string of the molecule is c1ccc2cc(CNCCCCCCNCCCCCCNCCCCCCNCc3ccc4ccccc4c3)ccc2c1. The van der Waals surface area contributed by atoms with Gasteiger partial charge in [0.05, 0.1) is 0 Å². The molecule has 4 N–H and O–H groups in total. The van der Waals surface area contributed by atoms with E-state index in [0.29, 0.717) is 0 Å². The topological polar surface area (TPSA) is 48.1 Å². The van der Waals surface area contributed by atoms with Gasteiger partial charge in [-0.1, -0.05) is 111 Å². The molecule has 238 valence electrons. The average molecular weight is 595 g/mol. The van der Waals surface area contributed by atoms with Gasteiger partial charge in [0.25, 0.3) is 0 Å². The maximum absolute atomic E-state index is 3.65. The van der Waals surface area contributed by atoms with Crippen molar-refractivity contribution in [2.75, 3.05) is 39.3 Å². The number of benzene rings is 4. The highest BCUT2D eigenvalue weighted by molar-refractivity contribution is 5.83. The van der Waals surface area contributed by atoms with Gasteiger partial charge in [-0.05, 0) is 123 Å². The molecule has 4 aromatic rings. The fourth-order valence-electron chi connectivity index (χ4n) is 5.97. The highest BCUT2D eigenvalue weighted by atomic mass is 14.9. The Hall–Kier alpha value is -2.76. The van der Waals surface area contributed by atoms with Gasteiger partial charge < -0.3 is 21.3 Å². The summed E-state index contributed by atoms with van der Waals surface area (Å²) in [7, 11) is 0. The molecule has 0 bridgehead atoms. The molecule has 4 rings (SSSR count). The van der Waals surface area contributed by atoms with Gasteiger partial charge in [0.2, 0.25) is 0 Å². The molecular formula is C40H58N4. The van der Waals surface area contributed by atoms with Crippen LogP contribution in [-0.4, -0.2) is 39.3 Å². The molecule has 0 aliphatic heterocycles. The summed E-state index contributed by atoms with van der Waals surface area (Å²) in [5.41, 5.74) is 2.76. The molecule has 4 nitrogen and oxygen atoms in total. The van der Waals surface area contributed by atoms with Gasteiger partial charge in [-0.2, -0.15) is 0 Å². The van der Waals surface area contributed by atoms with Crippen molar-refractivity contribution < 1.29 is 0 Å². The third kappa shape index (κ3) is 13.9. The van der Waals surface area contributed by atoms with Crippen LogP contribution in [0.15, 0.2) is 84.9 Å². The summed E-state index contributed by atoms with van der Waals surface area (Å²) in [5.74, 6) is 0. The number of hydrogen-bond donors (Lipinski definition) is 4. The van der Waals surface area contributed by atoms with E-state index in [1.807, 2.05) is 0 Å². The van der Waals surface area contributed by atoms with E-state index in [0.717, 1.165) is 26.2 Å². The standard InChI is InChI=1S/C40H58N4/c1(11-25-41-27-13-3-5-15-29-43-33-35-21-23-37-17-7-9-19-39(37)31-35)2-12-26-42-28-14-4-6-16-30-44-34-36-22-24-38-18-8-10-20-40(38)32-36/h7-10,17-24,31-32,41-44H,1-6,11-16,25-30,33-34H2. The van der Waals surface area contributed by atoms with Crippen LogP contribution in [0.1, 0.15) is 88.2 Å². The van der Waals surface area contributed by atoms with Crippen LogP contribution < -0.4 is 21.3 Å². The van der Waals surface area contributed by atoms with Gasteiger partial charge in [0.1, 0.15) is 0 Å². The maximum Gasteiger partial charge on any atom is 0.0205 e. The Morgan fingerprint density at radius 1 is 0.295 bits per heavy atom. The van der Waals surface area contributed by atoms with E-state index in [2.05, 4.69) is 106 Å². The molecule has 0 aromatic heterocycles.